The number of nitrogen functional groups attached to an aromatic ring is 1. The van der Waals surface area contributed by atoms with Crippen LogP contribution in [0.2, 0.25) is 0 Å². The van der Waals surface area contributed by atoms with E-state index in [4.69, 9.17) is 5.84 Å². The fraction of sp³-hybridized carbons (Fsp3) is 0.714. The number of hydrazine groups is 1. The molecule has 3 N–H and O–H groups in total. The maximum Gasteiger partial charge on any atom is 0.148 e. The summed E-state index contributed by atoms with van der Waals surface area (Å²) < 4.78 is 0. The zero-order chi connectivity index (χ0) is 14.7. The minimum absolute atomic E-state index is 0.324. The number of rotatable bonds is 3. The number of nitrogens with zero attached hydrogens (tertiary/aromatic N) is 4. The molecule has 6 heteroatoms. The lowest BCUT2D eigenvalue weighted by atomic mass is 10.0. The second kappa shape index (κ2) is 6.37. The first-order valence-electron chi connectivity index (χ1n) is 7.31. The molecule has 0 amide bonds. The molecule has 20 heavy (non-hydrogen) atoms. The van der Waals surface area contributed by atoms with Crippen molar-refractivity contribution in [3.63, 3.8) is 0 Å². The molecule has 1 atom stereocenters. The van der Waals surface area contributed by atoms with Gasteiger partial charge >= 0.3 is 0 Å². The van der Waals surface area contributed by atoms with Crippen LogP contribution in [0.3, 0.4) is 0 Å². The molecule has 1 unspecified atom stereocenters. The van der Waals surface area contributed by atoms with Crippen molar-refractivity contribution in [3.05, 3.63) is 11.9 Å². The van der Waals surface area contributed by atoms with E-state index in [0.29, 0.717) is 12.0 Å². The molecule has 0 spiro atoms. The summed E-state index contributed by atoms with van der Waals surface area (Å²) in [4.78, 5) is 13.6. The minimum Gasteiger partial charge on any atom is -0.352 e. The molecule has 1 fully saturated rings. The van der Waals surface area contributed by atoms with Gasteiger partial charge in [-0.3, -0.25) is 0 Å². The zero-order valence-electron chi connectivity index (χ0n) is 12.9. The molecule has 0 saturated carbocycles. The Kier molecular flexibility index (Phi) is 4.77. The molecule has 2 heterocycles. The van der Waals surface area contributed by atoms with Crippen LogP contribution in [0.15, 0.2) is 6.33 Å². The van der Waals surface area contributed by atoms with Crippen molar-refractivity contribution in [2.24, 2.45) is 5.84 Å². The monoisotopic (exact) mass is 278 g/mol. The maximum absolute atomic E-state index is 5.61. The third-order valence-corrected chi connectivity index (χ3v) is 3.90. The van der Waals surface area contributed by atoms with Gasteiger partial charge in [0.1, 0.15) is 18.0 Å². The van der Waals surface area contributed by atoms with Gasteiger partial charge in [-0.15, -0.1) is 0 Å². The first-order valence-corrected chi connectivity index (χ1v) is 7.31. The lowest BCUT2D eigenvalue weighted by Gasteiger charge is -2.31. The predicted molar refractivity (Wildman–Crippen MR) is 82.9 cm³/mol. The summed E-state index contributed by atoms with van der Waals surface area (Å²) in [5, 5.41) is 0. The number of nitrogens with one attached hydrogen (secondary N) is 1. The quantitative estimate of drug-likeness (QED) is 0.643. The number of likely N-dealkylation sites (N-methyl/N-ethyl adjacent to an activating group) is 1. The Morgan fingerprint density at radius 1 is 1.35 bits per heavy atom. The lowest BCUT2D eigenvalue weighted by molar-refractivity contribution is 0.337. The summed E-state index contributed by atoms with van der Waals surface area (Å²) in [5.41, 5.74) is 3.81. The summed E-state index contributed by atoms with van der Waals surface area (Å²) in [6.45, 7) is 9.75. The van der Waals surface area contributed by atoms with E-state index in [1.807, 2.05) is 0 Å². The van der Waals surface area contributed by atoms with Gasteiger partial charge in [0.05, 0.1) is 0 Å². The van der Waals surface area contributed by atoms with Crippen LogP contribution >= 0.6 is 0 Å². The minimum atomic E-state index is 0.324. The van der Waals surface area contributed by atoms with Gasteiger partial charge in [0.2, 0.25) is 0 Å². The maximum atomic E-state index is 5.61. The third kappa shape index (κ3) is 3.02. The molecule has 0 bridgehead atoms. The van der Waals surface area contributed by atoms with E-state index >= 15 is 0 Å². The molecule has 1 saturated heterocycles. The molecule has 0 aliphatic carbocycles. The number of anilines is 2. The average molecular weight is 278 g/mol. The Morgan fingerprint density at radius 2 is 2.10 bits per heavy atom. The van der Waals surface area contributed by atoms with Crippen LogP contribution in [-0.4, -0.2) is 47.6 Å². The highest BCUT2D eigenvalue weighted by molar-refractivity contribution is 5.60. The van der Waals surface area contributed by atoms with Gasteiger partial charge in [0.25, 0.3) is 0 Å². The van der Waals surface area contributed by atoms with Gasteiger partial charge < -0.3 is 15.2 Å². The molecule has 0 aromatic carbocycles. The van der Waals surface area contributed by atoms with Crippen LogP contribution in [0, 0.1) is 0 Å². The van der Waals surface area contributed by atoms with Crippen molar-refractivity contribution in [2.75, 3.05) is 37.0 Å². The molecule has 112 valence electrons. The first-order chi connectivity index (χ1) is 9.54. The summed E-state index contributed by atoms with van der Waals surface area (Å²) in [7, 11) is 2.18. The fourth-order valence-electron chi connectivity index (χ4n) is 2.95. The van der Waals surface area contributed by atoms with Crippen LogP contribution < -0.4 is 16.2 Å². The standard InChI is InChI=1S/C14H26N6/c1-10(2)12-13(18-15)16-9-17-14(12)20-7-5-6-19(4)8-11(20)3/h9-11H,5-8,15H2,1-4H3,(H,16,17,18). The highest BCUT2D eigenvalue weighted by Crippen LogP contribution is 2.32. The van der Waals surface area contributed by atoms with E-state index in [1.165, 1.54) is 0 Å². The SMILES string of the molecule is CC(C)c1c(NN)ncnc1N1CCCN(C)CC1C. The Hall–Kier alpha value is -1.40. The molecule has 6 nitrogen and oxygen atoms in total. The lowest BCUT2D eigenvalue weighted by Crippen LogP contribution is -2.39. The molecule has 1 aromatic heterocycles. The molecule has 2 rings (SSSR count). The number of hydrogen-bond acceptors (Lipinski definition) is 6. The molecule has 1 aliphatic heterocycles. The second-order valence-electron chi connectivity index (χ2n) is 5.92. The zero-order valence-corrected chi connectivity index (χ0v) is 12.9. The smallest absolute Gasteiger partial charge is 0.148 e. The van der Waals surface area contributed by atoms with Crippen molar-refractivity contribution < 1.29 is 0 Å². The molecule has 1 aliphatic rings. The van der Waals surface area contributed by atoms with E-state index in [2.05, 4.69) is 53.0 Å². The molecule has 1 aromatic rings. The molecular weight excluding hydrogens is 252 g/mol. The van der Waals surface area contributed by atoms with Gasteiger partial charge in [0, 0.05) is 24.7 Å². The summed E-state index contributed by atoms with van der Waals surface area (Å²) >= 11 is 0. The Balaban J connectivity index is 2.40. The van der Waals surface area contributed by atoms with Crippen molar-refractivity contribution in [1.82, 2.24) is 14.9 Å². The van der Waals surface area contributed by atoms with Crippen LogP contribution in [0.4, 0.5) is 11.6 Å². The van der Waals surface area contributed by atoms with E-state index in [-0.39, 0.29) is 0 Å². The summed E-state index contributed by atoms with van der Waals surface area (Å²) in [5.74, 6) is 7.68. The highest BCUT2D eigenvalue weighted by Gasteiger charge is 2.25. The summed E-state index contributed by atoms with van der Waals surface area (Å²) in [6.07, 6.45) is 2.74. The normalized spacial score (nSPS) is 21.1. The number of aromatic nitrogens is 2. The van der Waals surface area contributed by atoms with Crippen LogP contribution in [0.25, 0.3) is 0 Å². The molecular formula is C14H26N6. The van der Waals surface area contributed by atoms with E-state index in [0.717, 1.165) is 43.3 Å². The van der Waals surface area contributed by atoms with Crippen molar-refractivity contribution in [3.8, 4) is 0 Å². The van der Waals surface area contributed by atoms with Crippen LogP contribution in [-0.2, 0) is 0 Å². The van der Waals surface area contributed by atoms with Crippen molar-refractivity contribution in [1.29, 1.82) is 0 Å². The fourth-order valence-corrected chi connectivity index (χ4v) is 2.95. The van der Waals surface area contributed by atoms with Crippen LogP contribution in [0.1, 0.15) is 38.7 Å². The Morgan fingerprint density at radius 3 is 2.75 bits per heavy atom. The van der Waals surface area contributed by atoms with E-state index in [1.54, 1.807) is 6.33 Å². The van der Waals surface area contributed by atoms with Crippen molar-refractivity contribution in [2.45, 2.75) is 39.2 Å². The summed E-state index contributed by atoms with van der Waals surface area (Å²) in [6, 6.07) is 0.431. The van der Waals surface area contributed by atoms with Gasteiger partial charge in [-0.2, -0.15) is 0 Å². The predicted octanol–water partition coefficient (Wildman–Crippen LogP) is 1.42. The topological polar surface area (TPSA) is 70.3 Å². The first kappa shape index (κ1) is 15.0. The van der Waals surface area contributed by atoms with E-state index in [9.17, 15) is 0 Å². The van der Waals surface area contributed by atoms with Gasteiger partial charge in [-0.05, 0) is 32.9 Å². The van der Waals surface area contributed by atoms with E-state index < -0.39 is 0 Å². The number of hydrogen-bond donors (Lipinski definition) is 2. The average Bonchev–Trinajstić information content (AvgIpc) is 2.58. The van der Waals surface area contributed by atoms with Gasteiger partial charge in [0.15, 0.2) is 0 Å². The number of nitrogens with two attached hydrogens (primary N) is 1. The van der Waals surface area contributed by atoms with Gasteiger partial charge in [-0.1, -0.05) is 13.8 Å². The van der Waals surface area contributed by atoms with Crippen molar-refractivity contribution >= 4 is 11.6 Å². The Labute approximate surface area is 121 Å². The molecule has 0 radical (unpaired) electrons. The second-order valence-corrected chi connectivity index (χ2v) is 5.92. The Bertz CT molecular complexity index is 447. The third-order valence-electron chi connectivity index (χ3n) is 3.90. The highest BCUT2D eigenvalue weighted by atomic mass is 15.3. The largest absolute Gasteiger partial charge is 0.352 e. The van der Waals surface area contributed by atoms with Crippen LogP contribution in [0.5, 0.6) is 0 Å². The van der Waals surface area contributed by atoms with Gasteiger partial charge in [-0.25, -0.2) is 15.8 Å².